The Hall–Kier alpha value is -6.93. The highest BCUT2D eigenvalue weighted by atomic mass is 35.5. The maximum absolute atomic E-state index is 13.1. The summed E-state index contributed by atoms with van der Waals surface area (Å²) < 4.78 is 42.7. The topological polar surface area (TPSA) is 133 Å². The SMILES string of the molecule is Cl.O=C(Cc1ccc2ncccc2c1)Nc1ccc(-n2nc(C3CC3)cc2C2CC2)nc1.O=C(Nc1ccc(-n2nc(C(F)(F)F)cc2C2CC2)cc1)c1ccc2ncccc2c1. The third-order valence-corrected chi connectivity index (χ3v) is 11.3. The smallest absolute Gasteiger partial charge is 0.324 e. The number of nitrogens with one attached hydrogen (secondary N) is 2. The van der Waals surface area contributed by atoms with Gasteiger partial charge in [-0.3, -0.25) is 19.6 Å². The van der Waals surface area contributed by atoms with Crippen molar-refractivity contribution < 1.29 is 22.8 Å². The number of amides is 2. The van der Waals surface area contributed by atoms with E-state index in [0.717, 1.165) is 52.1 Å². The van der Waals surface area contributed by atoms with Gasteiger partial charge < -0.3 is 10.6 Å². The Kier molecular flexibility index (Phi) is 11.2. The molecule has 0 unspecified atom stereocenters. The second kappa shape index (κ2) is 17.1. The number of hydrogen-bond donors (Lipinski definition) is 2. The van der Waals surface area contributed by atoms with Gasteiger partial charge in [0, 0.05) is 63.6 Å². The molecule has 3 aliphatic carbocycles. The van der Waals surface area contributed by atoms with Gasteiger partial charge in [0.15, 0.2) is 11.5 Å². The van der Waals surface area contributed by atoms with Gasteiger partial charge in [-0.05, 0) is 135 Å². The summed E-state index contributed by atoms with van der Waals surface area (Å²) in [6.07, 6.45) is 7.67. The number of rotatable bonds is 10. The van der Waals surface area contributed by atoms with Gasteiger partial charge in [-0.25, -0.2) is 14.3 Å². The normalized spacial score (nSPS) is 14.7. The number of halogens is 4. The van der Waals surface area contributed by atoms with E-state index in [2.05, 4.69) is 36.8 Å². The van der Waals surface area contributed by atoms with Gasteiger partial charge in [0.05, 0.1) is 40.7 Å². The minimum atomic E-state index is -4.49. The number of benzene rings is 3. The van der Waals surface area contributed by atoms with Crippen LogP contribution in [0.4, 0.5) is 24.5 Å². The lowest BCUT2D eigenvalue weighted by atomic mass is 10.1. The number of anilines is 2. The van der Waals surface area contributed by atoms with Crippen LogP contribution >= 0.6 is 12.4 Å². The molecule has 11 nitrogen and oxygen atoms in total. The number of carbonyl (C=O) groups is 2. The number of alkyl halides is 3. The average molecular weight is 868 g/mol. The van der Waals surface area contributed by atoms with Crippen LogP contribution in [-0.2, 0) is 17.4 Å². The summed E-state index contributed by atoms with van der Waals surface area (Å²) in [5.41, 5.74) is 7.08. The molecule has 0 bridgehead atoms. The monoisotopic (exact) mass is 867 g/mol. The Bertz CT molecular complexity index is 2960. The predicted octanol–water partition coefficient (Wildman–Crippen LogP) is 10.7. The lowest BCUT2D eigenvalue weighted by molar-refractivity contribution is -0.141. The van der Waals surface area contributed by atoms with Gasteiger partial charge >= 0.3 is 6.18 Å². The molecule has 3 aromatic carbocycles. The fraction of sp³-hybridized carbons (Fsp3) is 0.229. The van der Waals surface area contributed by atoms with E-state index in [0.29, 0.717) is 46.6 Å². The molecule has 8 aromatic rings. The largest absolute Gasteiger partial charge is 0.435 e. The first-order chi connectivity index (χ1) is 30.1. The molecule has 11 rings (SSSR count). The fourth-order valence-corrected chi connectivity index (χ4v) is 7.57. The van der Waals surface area contributed by atoms with Crippen LogP contribution in [0, 0.1) is 0 Å². The van der Waals surface area contributed by atoms with E-state index in [1.54, 1.807) is 67.1 Å². The molecular formula is C48H41ClF3N9O2. The third kappa shape index (κ3) is 9.46. The van der Waals surface area contributed by atoms with E-state index in [-0.39, 0.29) is 30.1 Å². The summed E-state index contributed by atoms with van der Waals surface area (Å²) in [5, 5.41) is 16.3. The second-order valence-corrected chi connectivity index (χ2v) is 16.2. The van der Waals surface area contributed by atoms with Crippen molar-refractivity contribution in [1.82, 2.24) is 34.5 Å². The zero-order valence-electron chi connectivity index (χ0n) is 33.8. The number of pyridine rings is 3. The predicted molar refractivity (Wildman–Crippen MR) is 237 cm³/mol. The summed E-state index contributed by atoms with van der Waals surface area (Å²) in [6, 6.07) is 32.6. The molecule has 0 saturated heterocycles. The van der Waals surface area contributed by atoms with Crippen LogP contribution in [0.1, 0.15) is 95.0 Å². The van der Waals surface area contributed by atoms with Crippen molar-refractivity contribution in [3.63, 3.8) is 0 Å². The number of aromatic nitrogens is 7. The number of fused-ring (bicyclic) bond motifs is 2. The summed E-state index contributed by atoms with van der Waals surface area (Å²) in [6.45, 7) is 0. The van der Waals surface area contributed by atoms with Crippen molar-refractivity contribution in [2.24, 2.45) is 0 Å². The molecule has 63 heavy (non-hydrogen) atoms. The minimum absolute atomic E-state index is 0. The molecule has 0 radical (unpaired) electrons. The van der Waals surface area contributed by atoms with Gasteiger partial charge in [-0.1, -0.05) is 18.2 Å². The van der Waals surface area contributed by atoms with E-state index in [9.17, 15) is 22.8 Å². The zero-order chi connectivity index (χ0) is 42.4. The maximum atomic E-state index is 13.1. The Balaban J connectivity index is 0.000000158. The quantitative estimate of drug-likeness (QED) is 0.140. The van der Waals surface area contributed by atoms with Gasteiger partial charge in [0.25, 0.3) is 5.91 Å². The molecule has 0 spiro atoms. The van der Waals surface area contributed by atoms with E-state index in [1.165, 1.54) is 41.8 Å². The Morgan fingerprint density at radius 1 is 0.635 bits per heavy atom. The third-order valence-electron chi connectivity index (χ3n) is 11.3. The Morgan fingerprint density at radius 3 is 1.90 bits per heavy atom. The zero-order valence-corrected chi connectivity index (χ0v) is 34.6. The lowest BCUT2D eigenvalue weighted by Gasteiger charge is -2.09. The average Bonchev–Trinajstić information content (AvgIpc) is 4.21. The van der Waals surface area contributed by atoms with Gasteiger partial charge in [-0.15, -0.1) is 12.4 Å². The van der Waals surface area contributed by atoms with Crippen LogP contribution in [0.15, 0.2) is 128 Å². The van der Waals surface area contributed by atoms with Crippen molar-refractivity contribution in [3.8, 4) is 11.5 Å². The van der Waals surface area contributed by atoms with E-state index < -0.39 is 11.9 Å². The molecule has 2 amide bonds. The Labute approximate surface area is 366 Å². The highest BCUT2D eigenvalue weighted by molar-refractivity contribution is 6.06. The van der Waals surface area contributed by atoms with E-state index >= 15 is 0 Å². The first kappa shape index (κ1) is 41.4. The van der Waals surface area contributed by atoms with Gasteiger partial charge in [-0.2, -0.15) is 23.4 Å². The van der Waals surface area contributed by atoms with Gasteiger partial charge in [0.1, 0.15) is 0 Å². The van der Waals surface area contributed by atoms with E-state index in [4.69, 9.17) is 5.10 Å². The molecular weight excluding hydrogens is 827 g/mol. The highest BCUT2D eigenvalue weighted by Crippen LogP contribution is 2.45. The molecule has 0 aliphatic heterocycles. The molecule has 0 atom stereocenters. The number of carbonyl (C=O) groups excluding carboxylic acids is 2. The van der Waals surface area contributed by atoms with Crippen molar-refractivity contribution >= 4 is 57.4 Å². The number of hydrogen-bond acceptors (Lipinski definition) is 7. The van der Waals surface area contributed by atoms with Crippen LogP contribution in [-0.4, -0.2) is 46.3 Å². The second-order valence-electron chi connectivity index (χ2n) is 16.2. The van der Waals surface area contributed by atoms with E-state index in [1.807, 2.05) is 53.2 Å². The van der Waals surface area contributed by atoms with Crippen LogP contribution in [0.5, 0.6) is 0 Å². The molecule has 3 saturated carbocycles. The van der Waals surface area contributed by atoms with Crippen LogP contribution < -0.4 is 10.6 Å². The molecule has 3 aliphatic rings. The Morgan fingerprint density at radius 2 is 1.27 bits per heavy atom. The van der Waals surface area contributed by atoms with Crippen LogP contribution in [0.2, 0.25) is 0 Å². The van der Waals surface area contributed by atoms with Crippen molar-refractivity contribution in [3.05, 3.63) is 162 Å². The van der Waals surface area contributed by atoms with Crippen molar-refractivity contribution in [2.45, 2.75) is 68.9 Å². The van der Waals surface area contributed by atoms with Gasteiger partial charge in [0.2, 0.25) is 5.91 Å². The molecule has 318 valence electrons. The highest BCUT2D eigenvalue weighted by Gasteiger charge is 2.38. The van der Waals surface area contributed by atoms with Crippen LogP contribution in [0.25, 0.3) is 33.3 Å². The first-order valence-electron chi connectivity index (χ1n) is 20.7. The summed E-state index contributed by atoms with van der Waals surface area (Å²) in [7, 11) is 0. The van der Waals surface area contributed by atoms with Crippen molar-refractivity contribution in [1.29, 1.82) is 0 Å². The molecule has 3 fully saturated rings. The first-order valence-corrected chi connectivity index (χ1v) is 20.7. The lowest BCUT2D eigenvalue weighted by Crippen LogP contribution is -2.15. The maximum Gasteiger partial charge on any atom is 0.435 e. The summed E-state index contributed by atoms with van der Waals surface area (Å²) in [5.74, 6) is 1.81. The summed E-state index contributed by atoms with van der Waals surface area (Å²) >= 11 is 0. The molecule has 5 heterocycles. The fourth-order valence-electron chi connectivity index (χ4n) is 7.57. The molecule has 2 N–H and O–H groups in total. The summed E-state index contributed by atoms with van der Waals surface area (Å²) in [4.78, 5) is 38.3. The van der Waals surface area contributed by atoms with Crippen LogP contribution in [0.3, 0.4) is 0 Å². The van der Waals surface area contributed by atoms with Crippen molar-refractivity contribution in [2.75, 3.05) is 10.6 Å². The number of nitrogens with zero attached hydrogens (tertiary/aromatic N) is 7. The molecule has 15 heteroatoms. The molecule has 5 aromatic heterocycles. The minimum Gasteiger partial charge on any atom is -0.324 e. The standard InChI is InChI=1S/C25H23N5O.C23H17F3N4O.ClH/c31-25(13-16-3-9-21-19(12-16)2-1-11-26-21)28-20-8-10-24(27-15-20)30-23(18-6-7-18)14-22(29-30)17-4-5-17;24-23(25,26)21-13-20(14-3-4-14)30(29-21)18-8-6-17(7-9-18)28-22(31)16-5-10-19-15(12-16)2-1-11-27-19;/h1-3,8-12,14-15,17-18H,4-7,13H2,(H,28,31);1-2,5-14H,3-4H2,(H,28,31);1H.